The van der Waals surface area contributed by atoms with Gasteiger partial charge in [0.05, 0.1) is 18.8 Å². The molecule has 5 aliphatic rings. The van der Waals surface area contributed by atoms with Gasteiger partial charge >= 0.3 is 6.09 Å². The van der Waals surface area contributed by atoms with E-state index in [0.29, 0.717) is 6.42 Å². The molecule has 1 amide bonds. The predicted octanol–water partition coefficient (Wildman–Crippen LogP) is 5.82. The molecular formula is C32H41N3O4. The van der Waals surface area contributed by atoms with E-state index in [9.17, 15) is 24.9 Å². The van der Waals surface area contributed by atoms with Crippen molar-refractivity contribution in [3.05, 3.63) is 23.3 Å². The summed E-state index contributed by atoms with van der Waals surface area (Å²) in [5.74, 6) is -0.971. The second-order valence-electron chi connectivity index (χ2n) is 14.6. The van der Waals surface area contributed by atoms with E-state index in [-0.39, 0.29) is 45.4 Å². The Labute approximate surface area is 232 Å². The van der Waals surface area contributed by atoms with Gasteiger partial charge < -0.3 is 10.1 Å². The molecular weight excluding hydrogens is 490 g/mol. The van der Waals surface area contributed by atoms with E-state index in [2.05, 4.69) is 45.2 Å². The third kappa shape index (κ3) is 3.41. The van der Waals surface area contributed by atoms with Gasteiger partial charge in [-0.15, -0.1) is 0 Å². The number of ether oxygens (including phenoxy) is 1. The Morgan fingerprint density at radius 2 is 1.69 bits per heavy atom. The molecule has 7 nitrogen and oxygen atoms in total. The Bertz CT molecular complexity index is 1320. The molecule has 5 aliphatic carbocycles. The zero-order valence-electron chi connectivity index (χ0n) is 24.4. The van der Waals surface area contributed by atoms with Crippen LogP contribution in [0.1, 0.15) is 86.5 Å². The van der Waals surface area contributed by atoms with Gasteiger partial charge in [-0.1, -0.05) is 46.3 Å². The number of Topliss-reactive ketones (excluding diaryl/α,β-unsaturated/α-hetero) is 1. The van der Waals surface area contributed by atoms with E-state index in [1.165, 1.54) is 7.11 Å². The van der Waals surface area contributed by atoms with Gasteiger partial charge in [-0.05, 0) is 86.0 Å². The first-order valence-electron chi connectivity index (χ1n) is 14.3. The second kappa shape index (κ2) is 8.29. The lowest BCUT2D eigenvalue weighted by molar-refractivity contribution is -0.160. The average Bonchev–Trinajstić information content (AvgIpc) is 2.88. The molecule has 8 atom stereocenters. The first-order valence-corrected chi connectivity index (χ1v) is 14.3. The van der Waals surface area contributed by atoms with Gasteiger partial charge in [0.2, 0.25) is 0 Å². The topological polar surface area (TPSA) is 120 Å². The van der Waals surface area contributed by atoms with Gasteiger partial charge in [-0.25, -0.2) is 4.79 Å². The van der Waals surface area contributed by atoms with E-state index in [1.807, 2.05) is 13.0 Å². The first kappa shape index (κ1) is 27.6. The Hall–Kier alpha value is -2.93. The fourth-order valence-corrected chi connectivity index (χ4v) is 9.94. The van der Waals surface area contributed by atoms with Crippen molar-refractivity contribution in [1.29, 1.82) is 10.5 Å². The maximum Gasteiger partial charge on any atom is 0.407 e. The van der Waals surface area contributed by atoms with Crippen LogP contribution in [0.3, 0.4) is 0 Å². The summed E-state index contributed by atoms with van der Waals surface area (Å²) in [6.45, 7) is 12.7. The number of allylic oxidation sites excluding steroid dienone is 4. The number of carbonyl (C=O) groups is 3. The molecule has 0 bridgehead atoms. The highest BCUT2D eigenvalue weighted by atomic mass is 16.5. The molecule has 0 aliphatic heterocycles. The number of alkyl carbamates (subject to hydrolysis) is 1. The summed E-state index contributed by atoms with van der Waals surface area (Å²) in [5.41, 5.74) is -2.31. The minimum absolute atomic E-state index is 0.0154. The third-order valence-electron chi connectivity index (χ3n) is 12.3. The number of nitrogens with zero attached hydrogens (tertiary/aromatic N) is 2. The van der Waals surface area contributed by atoms with E-state index < -0.39 is 28.2 Å². The summed E-state index contributed by atoms with van der Waals surface area (Å²) in [6, 6.07) is 4.33. The molecule has 0 heterocycles. The Kier molecular flexibility index (Phi) is 5.87. The molecule has 3 fully saturated rings. The minimum atomic E-state index is -1.32. The number of carbonyl (C=O) groups excluding carboxylic acids is 3. The first-order chi connectivity index (χ1) is 18.1. The highest BCUT2D eigenvalue weighted by Crippen LogP contribution is 2.73. The molecule has 0 aromatic rings. The molecule has 0 saturated heterocycles. The van der Waals surface area contributed by atoms with Crippen LogP contribution in [0.2, 0.25) is 0 Å². The maximum atomic E-state index is 14.4. The number of nitriles is 2. The Balaban J connectivity index is 1.69. The summed E-state index contributed by atoms with van der Waals surface area (Å²) < 4.78 is 5.04. The molecule has 0 aromatic carbocycles. The van der Waals surface area contributed by atoms with Crippen molar-refractivity contribution in [3.8, 4) is 12.1 Å². The van der Waals surface area contributed by atoms with Crippen molar-refractivity contribution in [2.45, 2.75) is 92.0 Å². The normalized spacial score (nSPS) is 46.0. The van der Waals surface area contributed by atoms with Crippen molar-refractivity contribution < 1.29 is 19.1 Å². The van der Waals surface area contributed by atoms with Gasteiger partial charge in [0, 0.05) is 16.9 Å². The maximum absolute atomic E-state index is 14.4. The molecule has 2 unspecified atom stereocenters. The monoisotopic (exact) mass is 531 g/mol. The summed E-state index contributed by atoms with van der Waals surface area (Å²) >= 11 is 0. The van der Waals surface area contributed by atoms with E-state index in [4.69, 9.17) is 4.74 Å². The van der Waals surface area contributed by atoms with Crippen LogP contribution in [0, 0.1) is 67.5 Å². The number of ketones is 2. The summed E-state index contributed by atoms with van der Waals surface area (Å²) in [6.07, 6.45) is 8.68. The van der Waals surface area contributed by atoms with Gasteiger partial charge in [-0.2, -0.15) is 10.5 Å². The fourth-order valence-electron chi connectivity index (χ4n) is 9.94. The van der Waals surface area contributed by atoms with Crippen molar-refractivity contribution in [2.75, 3.05) is 7.11 Å². The summed E-state index contributed by atoms with van der Waals surface area (Å²) in [7, 11) is 1.38. The van der Waals surface area contributed by atoms with E-state index in [0.717, 1.165) is 44.1 Å². The number of rotatable bonds is 1. The number of hydrogen-bond donors (Lipinski definition) is 1. The smallest absolute Gasteiger partial charge is 0.407 e. The van der Waals surface area contributed by atoms with E-state index >= 15 is 0 Å². The molecule has 5 rings (SSSR count). The van der Waals surface area contributed by atoms with Gasteiger partial charge in [0.25, 0.3) is 0 Å². The van der Waals surface area contributed by atoms with Crippen molar-refractivity contribution in [3.63, 3.8) is 0 Å². The summed E-state index contributed by atoms with van der Waals surface area (Å²) in [4.78, 5) is 40.2. The van der Waals surface area contributed by atoms with E-state index in [1.54, 1.807) is 13.0 Å². The lowest BCUT2D eigenvalue weighted by Crippen LogP contribution is -2.69. The van der Waals surface area contributed by atoms with Crippen molar-refractivity contribution >= 4 is 17.7 Å². The van der Waals surface area contributed by atoms with Crippen LogP contribution < -0.4 is 5.32 Å². The van der Waals surface area contributed by atoms with Crippen LogP contribution >= 0.6 is 0 Å². The summed E-state index contributed by atoms with van der Waals surface area (Å²) in [5, 5.41) is 23.3. The largest absolute Gasteiger partial charge is 0.453 e. The number of nitrogens with one attached hydrogen (secondary N) is 1. The molecule has 0 radical (unpaired) electrons. The van der Waals surface area contributed by atoms with Crippen LogP contribution in [-0.2, 0) is 14.3 Å². The average molecular weight is 532 g/mol. The van der Waals surface area contributed by atoms with Crippen LogP contribution in [0.25, 0.3) is 0 Å². The van der Waals surface area contributed by atoms with Crippen molar-refractivity contribution in [2.24, 2.45) is 44.8 Å². The fraction of sp³-hybridized carbons (Fsp3) is 0.719. The number of methoxy groups -OCH3 is 1. The molecule has 7 heteroatoms. The van der Waals surface area contributed by atoms with Gasteiger partial charge in [-0.3, -0.25) is 9.59 Å². The second-order valence-corrected chi connectivity index (χ2v) is 14.6. The highest BCUT2D eigenvalue weighted by molar-refractivity contribution is 6.06. The molecule has 0 spiro atoms. The highest BCUT2D eigenvalue weighted by Gasteiger charge is 2.70. The molecule has 1 N–H and O–H groups in total. The van der Waals surface area contributed by atoms with Gasteiger partial charge in [0.1, 0.15) is 11.5 Å². The van der Waals surface area contributed by atoms with Crippen LogP contribution in [-0.4, -0.2) is 30.3 Å². The SMILES string of the molecule is COC(=O)N[C@]12CCC(C)(C)C[C@@H]1C1C(=O)C=C3[C@@]4(C)C=C(C#N)C(=O)[C@@](C)(C#N)C4CC[C@@]3(C)[C@]1(C)CC2. The number of amides is 1. The zero-order chi connectivity index (χ0) is 28.8. The minimum Gasteiger partial charge on any atom is -0.453 e. The Morgan fingerprint density at radius 3 is 2.31 bits per heavy atom. The number of fused-ring (bicyclic) bond motifs is 7. The van der Waals surface area contributed by atoms with Crippen molar-refractivity contribution in [1.82, 2.24) is 5.32 Å². The third-order valence-corrected chi connectivity index (χ3v) is 12.3. The zero-order valence-corrected chi connectivity index (χ0v) is 24.4. The number of hydrogen-bond acceptors (Lipinski definition) is 6. The molecule has 39 heavy (non-hydrogen) atoms. The standard InChI is InChI=1S/C32H41N3O4/c1-27(2)10-12-32(35-26(38)39-7)13-11-31(6)24(20(32)16-27)21(36)14-23-28(3)15-19(17-33)25(37)29(4,18-34)22(28)8-9-30(23,31)5/h14-15,20,22,24H,8-13,16H2,1-7H3,(H,35,38)/t20-,22?,24?,28+,29+,30-,31-,32+/m1/s1. The molecule has 0 aromatic heterocycles. The predicted molar refractivity (Wildman–Crippen MR) is 145 cm³/mol. The molecule has 3 saturated carbocycles. The van der Waals surface area contributed by atoms with Crippen LogP contribution in [0.15, 0.2) is 23.3 Å². The quantitative estimate of drug-likeness (QED) is 0.455. The Morgan fingerprint density at radius 1 is 1.03 bits per heavy atom. The van der Waals surface area contributed by atoms with Crippen LogP contribution in [0.4, 0.5) is 4.79 Å². The van der Waals surface area contributed by atoms with Gasteiger partial charge in [0.15, 0.2) is 11.6 Å². The lowest BCUT2D eigenvalue weighted by Gasteiger charge is -2.69. The van der Waals surface area contributed by atoms with Crippen LogP contribution in [0.5, 0.6) is 0 Å². The molecule has 208 valence electrons. The lowest BCUT2D eigenvalue weighted by atomic mass is 9.35.